The fourth-order valence-electron chi connectivity index (χ4n) is 3.33. The number of aromatic amines is 1. The number of para-hydroxylation sites is 1. The van der Waals surface area contributed by atoms with E-state index >= 15 is 0 Å². The zero-order chi connectivity index (χ0) is 17.5. The second-order valence-electron chi connectivity index (χ2n) is 6.22. The van der Waals surface area contributed by atoms with Crippen LogP contribution in [0.15, 0.2) is 65.1 Å². The summed E-state index contributed by atoms with van der Waals surface area (Å²) in [6, 6.07) is 15.8. The number of H-pyrrole nitrogens is 1. The highest BCUT2D eigenvalue weighted by Gasteiger charge is 2.26. The second kappa shape index (κ2) is 6.07. The standard InChI is InChI=1S/C20H16N4OS/c25-19(16-11-22-17-4-2-1-3-15(16)17)23-14-7-5-13(6-8-14)18-12-26-20-21-9-10-24(18)20/h1-8,11-12,22H,9-10H2,(H,23,25). The van der Waals surface area contributed by atoms with Gasteiger partial charge in [-0.1, -0.05) is 42.1 Å². The Morgan fingerprint density at radius 3 is 2.88 bits per heavy atom. The van der Waals surface area contributed by atoms with E-state index in [4.69, 9.17) is 0 Å². The summed E-state index contributed by atoms with van der Waals surface area (Å²) in [7, 11) is 0. The van der Waals surface area contributed by atoms with Crippen LogP contribution in [-0.2, 0) is 0 Å². The number of carbonyl (C=O) groups is 1. The molecule has 3 heterocycles. The van der Waals surface area contributed by atoms with E-state index in [-0.39, 0.29) is 5.91 Å². The van der Waals surface area contributed by atoms with Gasteiger partial charge >= 0.3 is 0 Å². The summed E-state index contributed by atoms with van der Waals surface area (Å²) in [5.41, 5.74) is 4.71. The lowest BCUT2D eigenvalue weighted by Crippen LogP contribution is -2.19. The number of aliphatic imine (C=N–C) groups is 1. The Labute approximate surface area is 154 Å². The monoisotopic (exact) mass is 360 g/mol. The molecule has 6 heteroatoms. The molecule has 0 radical (unpaired) electrons. The van der Waals surface area contributed by atoms with E-state index in [1.54, 1.807) is 18.0 Å². The number of fused-ring (bicyclic) bond motifs is 2. The third-order valence-electron chi connectivity index (χ3n) is 4.64. The van der Waals surface area contributed by atoms with Crippen LogP contribution in [0.4, 0.5) is 5.69 Å². The van der Waals surface area contributed by atoms with Crippen molar-refractivity contribution in [1.82, 2.24) is 9.88 Å². The first-order valence-electron chi connectivity index (χ1n) is 8.46. The van der Waals surface area contributed by atoms with E-state index in [0.29, 0.717) is 5.56 Å². The molecule has 5 nitrogen and oxygen atoms in total. The van der Waals surface area contributed by atoms with Gasteiger partial charge in [0.05, 0.1) is 17.8 Å². The summed E-state index contributed by atoms with van der Waals surface area (Å²) in [4.78, 5) is 22.5. The maximum atomic E-state index is 12.6. The van der Waals surface area contributed by atoms with Crippen molar-refractivity contribution in [3.05, 3.63) is 71.3 Å². The van der Waals surface area contributed by atoms with Crippen LogP contribution in [0.5, 0.6) is 0 Å². The van der Waals surface area contributed by atoms with Crippen molar-refractivity contribution < 1.29 is 4.79 Å². The number of rotatable bonds is 3. The smallest absolute Gasteiger partial charge is 0.257 e. The van der Waals surface area contributed by atoms with Crippen LogP contribution in [0.25, 0.3) is 16.6 Å². The summed E-state index contributed by atoms with van der Waals surface area (Å²) in [6.45, 7) is 1.80. The van der Waals surface area contributed by atoms with Gasteiger partial charge in [-0.05, 0) is 23.8 Å². The van der Waals surface area contributed by atoms with Crippen molar-refractivity contribution in [2.24, 2.45) is 4.99 Å². The number of amidine groups is 1. The molecule has 0 unspecified atom stereocenters. The van der Waals surface area contributed by atoms with Gasteiger partial charge < -0.3 is 15.2 Å². The number of benzene rings is 2. The minimum atomic E-state index is -0.111. The Kier molecular flexibility index (Phi) is 3.57. The highest BCUT2D eigenvalue weighted by molar-refractivity contribution is 8.16. The molecule has 0 aliphatic carbocycles. The summed E-state index contributed by atoms with van der Waals surface area (Å²) in [6.07, 6.45) is 1.75. The maximum absolute atomic E-state index is 12.6. The largest absolute Gasteiger partial charge is 0.360 e. The fraction of sp³-hybridized carbons (Fsp3) is 0.100. The number of nitrogens with zero attached hydrogens (tertiary/aromatic N) is 2. The van der Waals surface area contributed by atoms with Crippen LogP contribution in [0, 0.1) is 0 Å². The molecule has 128 valence electrons. The molecule has 0 spiro atoms. The van der Waals surface area contributed by atoms with Crippen molar-refractivity contribution in [3.63, 3.8) is 0 Å². The second-order valence-corrected chi connectivity index (χ2v) is 7.05. The molecular formula is C20H16N4OS. The number of nitrogens with one attached hydrogen (secondary N) is 2. The van der Waals surface area contributed by atoms with Gasteiger partial charge in [-0.3, -0.25) is 9.79 Å². The van der Waals surface area contributed by atoms with E-state index < -0.39 is 0 Å². The molecule has 0 atom stereocenters. The Bertz CT molecular complexity index is 1060. The van der Waals surface area contributed by atoms with Crippen LogP contribution in [0.1, 0.15) is 15.9 Å². The summed E-state index contributed by atoms with van der Waals surface area (Å²) in [5.74, 6) is -0.111. The summed E-state index contributed by atoms with van der Waals surface area (Å²) in [5, 5.41) is 7.12. The third-order valence-corrected chi connectivity index (χ3v) is 5.54. The van der Waals surface area contributed by atoms with E-state index in [0.717, 1.165) is 40.4 Å². The highest BCUT2D eigenvalue weighted by Crippen LogP contribution is 2.35. The number of carbonyl (C=O) groups excluding carboxylic acids is 1. The number of hydrogen-bond donors (Lipinski definition) is 2. The van der Waals surface area contributed by atoms with Gasteiger partial charge in [0.1, 0.15) is 0 Å². The number of thioether (sulfide) groups is 1. The maximum Gasteiger partial charge on any atom is 0.257 e. The molecule has 2 aliphatic heterocycles. The number of amides is 1. The molecule has 1 amide bonds. The predicted octanol–water partition coefficient (Wildman–Crippen LogP) is 4.14. The Morgan fingerprint density at radius 1 is 1.15 bits per heavy atom. The van der Waals surface area contributed by atoms with Crippen LogP contribution in [-0.4, -0.2) is 34.0 Å². The molecule has 0 saturated heterocycles. The van der Waals surface area contributed by atoms with E-state index in [1.165, 1.54) is 5.70 Å². The van der Waals surface area contributed by atoms with E-state index in [1.807, 2.05) is 48.5 Å². The van der Waals surface area contributed by atoms with Crippen LogP contribution >= 0.6 is 11.8 Å². The van der Waals surface area contributed by atoms with Crippen molar-refractivity contribution in [2.75, 3.05) is 18.4 Å². The fourth-order valence-corrected chi connectivity index (χ4v) is 4.29. The minimum Gasteiger partial charge on any atom is -0.360 e. The molecule has 0 saturated carbocycles. The quantitative estimate of drug-likeness (QED) is 0.738. The van der Waals surface area contributed by atoms with Gasteiger partial charge in [0, 0.05) is 34.7 Å². The van der Waals surface area contributed by atoms with Crippen LogP contribution < -0.4 is 5.32 Å². The number of anilines is 1. The molecule has 2 aliphatic rings. The van der Waals surface area contributed by atoms with Gasteiger partial charge in [-0.25, -0.2) is 0 Å². The topological polar surface area (TPSA) is 60.5 Å². The summed E-state index contributed by atoms with van der Waals surface area (Å²) < 4.78 is 0. The van der Waals surface area contributed by atoms with Crippen molar-refractivity contribution in [1.29, 1.82) is 0 Å². The van der Waals surface area contributed by atoms with Gasteiger partial charge in [-0.2, -0.15) is 0 Å². The van der Waals surface area contributed by atoms with Gasteiger partial charge in [0.15, 0.2) is 5.17 Å². The zero-order valence-electron chi connectivity index (χ0n) is 13.9. The average molecular weight is 360 g/mol. The average Bonchev–Trinajstić information content (AvgIpc) is 3.37. The number of hydrogen-bond acceptors (Lipinski definition) is 4. The lowest BCUT2D eigenvalue weighted by atomic mass is 10.1. The molecule has 5 rings (SSSR count). The normalized spacial score (nSPS) is 15.8. The molecule has 2 N–H and O–H groups in total. The molecule has 1 aromatic heterocycles. The molecule has 2 aromatic carbocycles. The first-order chi connectivity index (χ1) is 12.8. The number of aromatic nitrogens is 1. The molecule has 26 heavy (non-hydrogen) atoms. The molecule has 0 bridgehead atoms. The summed E-state index contributed by atoms with van der Waals surface area (Å²) >= 11 is 1.67. The zero-order valence-corrected chi connectivity index (χ0v) is 14.7. The van der Waals surface area contributed by atoms with Gasteiger partial charge in [0.2, 0.25) is 0 Å². The lowest BCUT2D eigenvalue weighted by Gasteiger charge is -2.16. The molecule has 3 aromatic rings. The Hall–Kier alpha value is -2.99. The van der Waals surface area contributed by atoms with Crippen molar-refractivity contribution >= 4 is 45.1 Å². The van der Waals surface area contributed by atoms with Crippen molar-refractivity contribution in [3.8, 4) is 0 Å². The minimum absolute atomic E-state index is 0.111. The first kappa shape index (κ1) is 15.3. The molecular weight excluding hydrogens is 344 g/mol. The Morgan fingerprint density at radius 2 is 2.00 bits per heavy atom. The Balaban J connectivity index is 1.35. The SMILES string of the molecule is O=C(Nc1ccc(C2=CSC3=NCCN23)cc1)c1c[nH]c2ccccc12. The van der Waals surface area contributed by atoms with E-state index in [9.17, 15) is 4.79 Å². The predicted molar refractivity (Wildman–Crippen MR) is 107 cm³/mol. The first-order valence-corrected chi connectivity index (χ1v) is 9.34. The van der Waals surface area contributed by atoms with E-state index in [2.05, 4.69) is 25.6 Å². The lowest BCUT2D eigenvalue weighted by molar-refractivity contribution is 0.102. The van der Waals surface area contributed by atoms with Crippen LogP contribution in [0.3, 0.4) is 0 Å². The third kappa shape index (κ3) is 2.50. The van der Waals surface area contributed by atoms with Crippen molar-refractivity contribution in [2.45, 2.75) is 0 Å². The molecule has 0 fully saturated rings. The van der Waals surface area contributed by atoms with Gasteiger partial charge in [-0.15, -0.1) is 0 Å². The van der Waals surface area contributed by atoms with Gasteiger partial charge in [0.25, 0.3) is 5.91 Å². The van der Waals surface area contributed by atoms with Crippen LogP contribution in [0.2, 0.25) is 0 Å². The highest BCUT2D eigenvalue weighted by atomic mass is 32.2.